The SMILES string of the molecule is CCCCn1nc(C)c(C=CC(=O)N2CCN(c3ncccn3)CC2)c1Cl. The van der Waals surface area contributed by atoms with Crippen molar-refractivity contribution < 1.29 is 4.79 Å². The number of hydrogen-bond acceptors (Lipinski definition) is 5. The molecular formula is C19H25ClN6O. The molecule has 0 aromatic carbocycles. The molecule has 0 aliphatic carbocycles. The predicted octanol–water partition coefficient (Wildman–Crippen LogP) is 2.80. The lowest BCUT2D eigenvalue weighted by Gasteiger charge is -2.34. The summed E-state index contributed by atoms with van der Waals surface area (Å²) in [5.74, 6) is 0.697. The van der Waals surface area contributed by atoms with Crippen LogP contribution < -0.4 is 4.90 Å². The number of rotatable bonds is 6. The monoisotopic (exact) mass is 388 g/mol. The van der Waals surface area contributed by atoms with Crippen LogP contribution in [0.25, 0.3) is 6.08 Å². The van der Waals surface area contributed by atoms with E-state index >= 15 is 0 Å². The molecule has 1 aliphatic heterocycles. The molecule has 3 heterocycles. The Bertz CT molecular complexity index is 796. The van der Waals surface area contributed by atoms with Crippen molar-refractivity contribution in [3.05, 3.63) is 40.9 Å². The van der Waals surface area contributed by atoms with Gasteiger partial charge in [-0.05, 0) is 25.5 Å². The maximum atomic E-state index is 12.5. The molecule has 8 heteroatoms. The van der Waals surface area contributed by atoms with Crippen molar-refractivity contribution in [3.63, 3.8) is 0 Å². The van der Waals surface area contributed by atoms with Crippen LogP contribution in [0, 0.1) is 6.92 Å². The molecule has 144 valence electrons. The second-order valence-electron chi connectivity index (χ2n) is 6.56. The van der Waals surface area contributed by atoms with Gasteiger partial charge in [-0.2, -0.15) is 5.10 Å². The number of nitrogens with zero attached hydrogens (tertiary/aromatic N) is 6. The second-order valence-corrected chi connectivity index (χ2v) is 6.92. The summed E-state index contributed by atoms with van der Waals surface area (Å²) >= 11 is 6.43. The molecule has 3 rings (SSSR count). The zero-order valence-electron chi connectivity index (χ0n) is 15.8. The molecule has 1 aliphatic rings. The summed E-state index contributed by atoms with van der Waals surface area (Å²) < 4.78 is 1.81. The lowest BCUT2D eigenvalue weighted by molar-refractivity contribution is -0.126. The summed E-state index contributed by atoms with van der Waals surface area (Å²) in [4.78, 5) is 25.0. The molecule has 0 bridgehead atoms. The minimum atomic E-state index is -0.0135. The lowest BCUT2D eigenvalue weighted by atomic mass is 10.2. The highest BCUT2D eigenvalue weighted by atomic mass is 35.5. The Morgan fingerprint density at radius 2 is 1.93 bits per heavy atom. The van der Waals surface area contributed by atoms with Crippen molar-refractivity contribution >= 4 is 29.5 Å². The Labute approximate surface area is 164 Å². The Morgan fingerprint density at radius 1 is 1.22 bits per heavy atom. The molecule has 0 spiro atoms. The van der Waals surface area contributed by atoms with Gasteiger partial charge in [0.15, 0.2) is 0 Å². The van der Waals surface area contributed by atoms with Gasteiger partial charge in [-0.25, -0.2) is 9.97 Å². The van der Waals surface area contributed by atoms with Crippen molar-refractivity contribution in [2.24, 2.45) is 0 Å². The van der Waals surface area contributed by atoms with Crippen LogP contribution in [-0.4, -0.2) is 56.7 Å². The number of hydrogen-bond donors (Lipinski definition) is 0. The van der Waals surface area contributed by atoms with Gasteiger partial charge in [-0.1, -0.05) is 24.9 Å². The first kappa shape index (κ1) is 19.4. The van der Waals surface area contributed by atoms with E-state index in [4.69, 9.17) is 11.6 Å². The normalized spacial score (nSPS) is 14.9. The van der Waals surface area contributed by atoms with Crippen LogP contribution in [0.3, 0.4) is 0 Å². The van der Waals surface area contributed by atoms with E-state index in [1.165, 1.54) is 0 Å². The zero-order chi connectivity index (χ0) is 19.2. The molecular weight excluding hydrogens is 364 g/mol. The first-order valence-corrected chi connectivity index (χ1v) is 9.69. The standard InChI is InChI=1S/C19H25ClN6O/c1-3-4-10-26-18(20)16(15(2)23-26)6-7-17(27)24-11-13-25(14-12-24)19-21-8-5-9-22-19/h5-9H,3-4,10-14H2,1-2H3. The first-order chi connectivity index (χ1) is 13.1. The van der Waals surface area contributed by atoms with Gasteiger partial charge in [0.25, 0.3) is 0 Å². The number of carbonyl (C=O) groups is 1. The van der Waals surface area contributed by atoms with Crippen molar-refractivity contribution in [1.29, 1.82) is 0 Å². The quantitative estimate of drug-likeness (QED) is 0.712. The number of piperazine rings is 1. The van der Waals surface area contributed by atoms with E-state index in [9.17, 15) is 4.79 Å². The lowest BCUT2D eigenvalue weighted by Crippen LogP contribution is -2.48. The Balaban J connectivity index is 1.59. The fourth-order valence-electron chi connectivity index (χ4n) is 3.05. The minimum absolute atomic E-state index is 0.0135. The molecule has 1 fully saturated rings. The number of aromatic nitrogens is 4. The maximum Gasteiger partial charge on any atom is 0.246 e. The fourth-order valence-corrected chi connectivity index (χ4v) is 3.38. The summed E-state index contributed by atoms with van der Waals surface area (Å²) in [6.07, 6.45) is 8.94. The van der Waals surface area contributed by atoms with E-state index < -0.39 is 0 Å². The zero-order valence-corrected chi connectivity index (χ0v) is 16.6. The Morgan fingerprint density at radius 3 is 2.59 bits per heavy atom. The molecule has 0 unspecified atom stereocenters. The molecule has 0 atom stereocenters. The highest BCUT2D eigenvalue weighted by molar-refractivity contribution is 6.31. The molecule has 27 heavy (non-hydrogen) atoms. The highest BCUT2D eigenvalue weighted by Crippen LogP contribution is 2.22. The molecule has 2 aromatic rings. The third-order valence-electron chi connectivity index (χ3n) is 4.65. The van der Waals surface area contributed by atoms with Crippen LogP contribution in [0.15, 0.2) is 24.5 Å². The predicted molar refractivity (Wildman–Crippen MR) is 107 cm³/mol. The van der Waals surface area contributed by atoms with E-state index in [0.717, 1.165) is 43.7 Å². The van der Waals surface area contributed by atoms with Crippen molar-refractivity contribution in [1.82, 2.24) is 24.6 Å². The molecule has 0 saturated carbocycles. The average molecular weight is 389 g/mol. The average Bonchev–Trinajstić information content (AvgIpc) is 2.98. The maximum absolute atomic E-state index is 12.5. The summed E-state index contributed by atoms with van der Waals surface area (Å²) in [6.45, 7) is 7.57. The third kappa shape index (κ3) is 4.66. The number of amides is 1. The van der Waals surface area contributed by atoms with Gasteiger partial charge in [-0.15, -0.1) is 0 Å². The van der Waals surface area contributed by atoms with Gasteiger partial charge in [0, 0.05) is 56.8 Å². The summed E-state index contributed by atoms with van der Waals surface area (Å²) in [5.41, 5.74) is 1.66. The van der Waals surface area contributed by atoms with Crippen molar-refractivity contribution in [3.8, 4) is 0 Å². The molecule has 1 amide bonds. The first-order valence-electron chi connectivity index (χ1n) is 9.32. The Kier molecular flexibility index (Phi) is 6.45. The van der Waals surface area contributed by atoms with Crippen LogP contribution in [-0.2, 0) is 11.3 Å². The Hall–Kier alpha value is -2.41. The van der Waals surface area contributed by atoms with Gasteiger partial charge in [0.05, 0.1) is 5.69 Å². The second kappa shape index (κ2) is 8.99. The van der Waals surface area contributed by atoms with Gasteiger partial charge >= 0.3 is 0 Å². The van der Waals surface area contributed by atoms with Crippen molar-refractivity contribution in [2.45, 2.75) is 33.2 Å². The topological polar surface area (TPSA) is 67.2 Å². The van der Waals surface area contributed by atoms with Gasteiger partial charge < -0.3 is 9.80 Å². The minimum Gasteiger partial charge on any atom is -0.337 e. The molecule has 1 saturated heterocycles. The van der Waals surface area contributed by atoms with Crippen LogP contribution in [0.5, 0.6) is 0 Å². The third-order valence-corrected chi connectivity index (χ3v) is 5.05. The van der Waals surface area contributed by atoms with Gasteiger partial charge in [0.1, 0.15) is 5.15 Å². The molecule has 0 N–H and O–H groups in total. The molecule has 0 radical (unpaired) electrons. The van der Waals surface area contributed by atoms with E-state index in [2.05, 4.69) is 26.9 Å². The van der Waals surface area contributed by atoms with Gasteiger partial charge in [-0.3, -0.25) is 9.48 Å². The number of aryl methyl sites for hydroxylation is 2. The number of halogens is 1. The van der Waals surface area contributed by atoms with E-state index in [-0.39, 0.29) is 5.91 Å². The number of unbranched alkanes of at least 4 members (excludes halogenated alkanes) is 1. The van der Waals surface area contributed by atoms with Crippen LogP contribution in [0.4, 0.5) is 5.95 Å². The number of anilines is 1. The largest absolute Gasteiger partial charge is 0.337 e. The van der Waals surface area contributed by atoms with Crippen LogP contribution >= 0.6 is 11.6 Å². The summed E-state index contributed by atoms with van der Waals surface area (Å²) in [6, 6.07) is 1.80. The smallest absolute Gasteiger partial charge is 0.246 e. The van der Waals surface area contributed by atoms with Crippen LogP contribution in [0.1, 0.15) is 31.0 Å². The fraction of sp³-hybridized carbons (Fsp3) is 0.474. The van der Waals surface area contributed by atoms with E-state index in [1.807, 2.05) is 16.5 Å². The molecule has 2 aromatic heterocycles. The molecule has 7 nitrogen and oxygen atoms in total. The van der Waals surface area contributed by atoms with Crippen molar-refractivity contribution in [2.75, 3.05) is 31.1 Å². The summed E-state index contributed by atoms with van der Waals surface area (Å²) in [7, 11) is 0. The van der Waals surface area contributed by atoms with E-state index in [1.54, 1.807) is 30.6 Å². The van der Waals surface area contributed by atoms with Gasteiger partial charge in [0.2, 0.25) is 11.9 Å². The van der Waals surface area contributed by atoms with Crippen LogP contribution in [0.2, 0.25) is 5.15 Å². The summed E-state index contributed by atoms with van der Waals surface area (Å²) in [5, 5.41) is 5.06. The highest BCUT2D eigenvalue weighted by Gasteiger charge is 2.21. The number of carbonyl (C=O) groups excluding carboxylic acids is 1. The van der Waals surface area contributed by atoms with E-state index in [0.29, 0.717) is 24.2 Å².